The quantitative estimate of drug-likeness (QED) is 0.278. The normalized spacial score (nSPS) is 9.19. The number of phenolic OH excluding ortho intramolecular Hbond substituents is 1. The molecule has 0 fully saturated rings. The van der Waals surface area contributed by atoms with Gasteiger partial charge in [-0.25, -0.2) is 0 Å². The average molecular weight is 695 g/mol. The highest BCUT2D eigenvalue weighted by molar-refractivity contribution is 9.69. The van der Waals surface area contributed by atoms with Gasteiger partial charge < -0.3 is 9.84 Å². The SMILES string of the molecule is BrB(Br)Br.COc1ccc(Br)c(C)c1C=O.Cc1c(Br)ccc(O)c1C=O. The van der Waals surface area contributed by atoms with Gasteiger partial charge in [-0.15, -0.1) is 47.3 Å². The van der Waals surface area contributed by atoms with Crippen molar-refractivity contribution in [2.45, 2.75) is 13.8 Å². The lowest BCUT2D eigenvalue weighted by molar-refractivity contribution is 0.111. The predicted molar refractivity (Wildman–Crippen MR) is 129 cm³/mol. The zero-order valence-corrected chi connectivity index (χ0v) is 22.5. The van der Waals surface area contributed by atoms with Gasteiger partial charge in [0.05, 0.1) is 18.2 Å². The van der Waals surface area contributed by atoms with Crippen LogP contribution < -0.4 is 4.74 Å². The second kappa shape index (κ2) is 13.9. The van der Waals surface area contributed by atoms with Gasteiger partial charge in [-0.1, -0.05) is 31.9 Å². The molecule has 0 saturated carbocycles. The number of aromatic hydroxyl groups is 1. The van der Waals surface area contributed by atoms with Crippen molar-refractivity contribution in [2.75, 3.05) is 7.11 Å². The van der Waals surface area contributed by atoms with Crippen molar-refractivity contribution in [2.24, 2.45) is 0 Å². The molecule has 0 amide bonds. The van der Waals surface area contributed by atoms with Crippen molar-refractivity contribution in [3.8, 4) is 11.5 Å². The summed E-state index contributed by atoms with van der Waals surface area (Å²) in [6.07, 6.45) is 1.45. The Balaban J connectivity index is 0.000000421. The Morgan fingerprint density at radius 1 is 0.889 bits per heavy atom. The Labute approximate surface area is 200 Å². The summed E-state index contributed by atoms with van der Waals surface area (Å²) in [5.74, 6) is 0.645. The molecule has 0 aliphatic carbocycles. The molecule has 146 valence electrons. The fourth-order valence-corrected chi connectivity index (χ4v) is 2.53. The van der Waals surface area contributed by atoms with Crippen LogP contribution in [0.4, 0.5) is 0 Å². The Bertz CT molecular complexity index is 782. The van der Waals surface area contributed by atoms with E-state index in [0.717, 1.165) is 26.4 Å². The molecule has 1 N–H and O–H groups in total. The number of halogens is 5. The van der Waals surface area contributed by atoms with Crippen LogP contribution >= 0.6 is 79.1 Å². The summed E-state index contributed by atoms with van der Waals surface area (Å²) in [5.41, 5.74) is 2.62. The molecule has 0 aromatic heterocycles. The predicted octanol–water partition coefficient (Wildman–Crippen LogP) is 7.01. The third kappa shape index (κ3) is 9.26. The highest BCUT2D eigenvalue weighted by atomic mass is 79.9. The Hall–Kier alpha value is -0.155. The van der Waals surface area contributed by atoms with Gasteiger partial charge in [0, 0.05) is 8.95 Å². The van der Waals surface area contributed by atoms with Crippen molar-refractivity contribution in [3.05, 3.63) is 55.5 Å². The second-order valence-corrected chi connectivity index (χ2v) is 13.0. The molecule has 2 aromatic carbocycles. The molecule has 10 heteroatoms. The lowest BCUT2D eigenvalue weighted by atomic mass is 10.1. The third-order valence-corrected chi connectivity index (χ3v) is 5.01. The minimum atomic E-state index is 0.0284. The van der Waals surface area contributed by atoms with Crippen LogP contribution in [0.25, 0.3) is 0 Å². The molecule has 0 aliphatic heterocycles. The number of carbonyl (C=O) groups is 2. The van der Waals surface area contributed by atoms with Gasteiger partial charge in [-0.3, -0.25) is 9.59 Å². The van der Waals surface area contributed by atoms with Gasteiger partial charge in [-0.05, 0) is 49.2 Å². The minimum Gasteiger partial charge on any atom is -0.507 e. The Kier molecular flexibility index (Phi) is 13.8. The summed E-state index contributed by atoms with van der Waals surface area (Å²) in [6.45, 7) is 3.64. The molecule has 2 rings (SSSR count). The van der Waals surface area contributed by atoms with E-state index in [-0.39, 0.29) is 8.93 Å². The van der Waals surface area contributed by atoms with Crippen molar-refractivity contribution in [3.63, 3.8) is 0 Å². The lowest BCUT2D eigenvalue weighted by Crippen LogP contribution is -1.94. The molecule has 0 unspecified atom stereocenters. The van der Waals surface area contributed by atoms with Crippen molar-refractivity contribution >= 4 is 94.9 Å². The van der Waals surface area contributed by atoms with E-state index in [4.69, 9.17) is 9.84 Å². The van der Waals surface area contributed by atoms with E-state index in [9.17, 15) is 9.59 Å². The summed E-state index contributed by atoms with van der Waals surface area (Å²) in [5, 5.41) is 9.16. The maximum absolute atomic E-state index is 10.7. The van der Waals surface area contributed by atoms with E-state index in [1.165, 1.54) is 6.07 Å². The van der Waals surface area contributed by atoms with Crippen molar-refractivity contribution in [1.29, 1.82) is 0 Å². The van der Waals surface area contributed by atoms with Crippen LogP contribution in [0.15, 0.2) is 33.2 Å². The van der Waals surface area contributed by atoms with Gasteiger partial charge in [0.15, 0.2) is 12.6 Å². The summed E-state index contributed by atoms with van der Waals surface area (Å²) in [6, 6.07) is 6.82. The van der Waals surface area contributed by atoms with E-state index in [1.807, 2.05) is 13.0 Å². The van der Waals surface area contributed by atoms with Crippen molar-refractivity contribution in [1.82, 2.24) is 0 Å². The van der Waals surface area contributed by atoms with E-state index < -0.39 is 0 Å². The zero-order valence-electron chi connectivity index (χ0n) is 14.6. The molecule has 4 nitrogen and oxygen atoms in total. The number of ether oxygens (including phenoxy) is 1. The highest BCUT2D eigenvalue weighted by Crippen LogP contribution is 2.27. The maximum Gasteiger partial charge on any atom is 0.369 e. The summed E-state index contributed by atoms with van der Waals surface area (Å²) < 4.78 is 7.04. The first-order chi connectivity index (χ1) is 12.6. The molecule has 0 saturated heterocycles. The first kappa shape index (κ1) is 26.8. The van der Waals surface area contributed by atoms with Crippen LogP contribution in [0.2, 0.25) is 0 Å². The molecule has 0 atom stereocenters. The third-order valence-electron chi connectivity index (χ3n) is 3.29. The van der Waals surface area contributed by atoms with Crippen molar-refractivity contribution < 1.29 is 19.4 Å². The summed E-state index contributed by atoms with van der Waals surface area (Å²) >= 11 is 15.9. The second-order valence-electron chi connectivity index (χ2n) is 4.88. The van der Waals surface area contributed by atoms with Gasteiger partial charge in [0.2, 0.25) is 0 Å². The number of carbonyl (C=O) groups excluding carboxylic acids is 2. The van der Waals surface area contributed by atoms with Gasteiger partial charge in [0.25, 0.3) is 0 Å². The van der Waals surface area contributed by atoms with Crippen LogP contribution in [0.1, 0.15) is 31.8 Å². The molecule has 0 aliphatic rings. The zero-order chi connectivity index (χ0) is 21.1. The van der Waals surface area contributed by atoms with Gasteiger partial charge >= 0.3 is 3.18 Å². The first-order valence-corrected chi connectivity index (χ1v) is 11.6. The monoisotopic (exact) mass is 690 g/mol. The molecule has 0 bridgehead atoms. The number of rotatable bonds is 3. The van der Waals surface area contributed by atoms with Crippen LogP contribution in [-0.2, 0) is 0 Å². The van der Waals surface area contributed by atoms with Gasteiger partial charge in [-0.2, -0.15) is 0 Å². The molecule has 0 spiro atoms. The molecular formula is C17H16BBr5O4. The topological polar surface area (TPSA) is 63.6 Å². The first-order valence-electron chi connectivity index (χ1n) is 7.24. The molecule has 0 heterocycles. The standard InChI is InChI=1S/C9H9BrO2.C8H7BrO2.BBr3/c1-6-7(5-11)9(12-2)4-3-8(6)10;1-5-6(4-10)8(11)3-2-7(5)9;2-1(3)4/h3-5H,1-2H3;2-4,11H,1H3;. The smallest absolute Gasteiger partial charge is 0.369 e. The Morgan fingerprint density at radius 2 is 1.30 bits per heavy atom. The molecule has 0 radical (unpaired) electrons. The number of hydrogen-bond acceptors (Lipinski definition) is 4. The average Bonchev–Trinajstić information content (AvgIpc) is 2.61. The molecular weight excluding hydrogens is 679 g/mol. The minimum absolute atomic E-state index is 0.0284. The van der Waals surface area contributed by atoms with E-state index in [0.29, 0.717) is 23.2 Å². The van der Waals surface area contributed by atoms with E-state index in [2.05, 4.69) is 79.1 Å². The Morgan fingerprint density at radius 3 is 1.67 bits per heavy atom. The number of methoxy groups -OCH3 is 1. The summed E-state index contributed by atoms with van der Waals surface area (Å²) in [7, 11) is 1.55. The van der Waals surface area contributed by atoms with Gasteiger partial charge in [0.1, 0.15) is 11.5 Å². The maximum atomic E-state index is 10.7. The van der Waals surface area contributed by atoms with E-state index in [1.54, 1.807) is 26.2 Å². The number of phenols is 1. The molecule has 2 aromatic rings. The lowest BCUT2D eigenvalue weighted by Gasteiger charge is -2.06. The number of aldehydes is 2. The van der Waals surface area contributed by atoms with Crippen LogP contribution in [0.3, 0.4) is 0 Å². The largest absolute Gasteiger partial charge is 0.507 e. The number of hydrogen-bond donors (Lipinski definition) is 1. The van der Waals surface area contributed by atoms with Crippen LogP contribution in [0.5, 0.6) is 11.5 Å². The molecule has 27 heavy (non-hydrogen) atoms. The number of benzene rings is 2. The summed E-state index contributed by atoms with van der Waals surface area (Å²) in [4.78, 5) is 21.1. The fourth-order valence-electron chi connectivity index (χ4n) is 1.84. The highest BCUT2D eigenvalue weighted by Gasteiger charge is 2.07. The fraction of sp³-hybridized carbons (Fsp3) is 0.176. The van der Waals surface area contributed by atoms with Crippen LogP contribution in [0, 0.1) is 13.8 Å². The van der Waals surface area contributed by atoms with E-state index >= 15 is 0 Å². The van der Waals surface area contributed by atoms with Crippen LogP contribution in [-0.4, -0.2) is 28.0 Å².